The molecule has 156 valence electrons. The van der Waals surface area contributed by atoms with Crippen LogP contribution in [0.1, 0.15) is 12.5 Å². The van der Waals surface area contributed by atoms with Gasteiger partial charge >= 0.3 is 0 Å². The van der Waals surface area contributed by atoms with E-state index < -0.39 is 0 Å². The van der Waals surface area contributed by atoms with E-state index in [1.54, 1.807) is 0 Å². The molecule has 0 bridgehead atoms. The summed E-state index contributed by atoms with van der Waals surface area (Å²) in [5.74, 6) is 0.523. The van der Waals surface area contributed by atoms with Crippen LogP contribution in [0.4, 0.5) is 21.5 Å². The van der Waals surface area contributed by atoms with Crippen molar-refractivity contribution in [1.82, 2.24) is 0 Å². The summed E-state index contributed by atoms with van der Waals surface area (Å²) in [5.41, 5.74) is 4.06. The highest BCUT2D eigenvalue weighted by molar-refractivity contribution is 6.11. The fourth-order valence-electron chi connectivity index (χ4n) is 3.74. The topological polar surface area (TPSA) is 18.8 Å². The Morgan fingerprint density at radius 3 is 2.23 bits per heavy atom. The van der Waals surface area contributed by atoms with E-state index in [0.717, 1.165) is 34.8 Å². The lowest BCUT2D eigenvalue weighted by atomic mass is 10.1. The summed E-state index contributed by atoms with van der Waals surface area (Å²) < 4.78 is 14.4. The molecule has 0 spiro atoms. The predicted molar refractivity (Wildman–Crippen MR) is 130 cm³/mol. The standard InChI is InChI=1S/C27H26FN3/c1-4-20-11-10-14-22(19-20)30(2)27(29-21-12-6-5-7-13-21)31(3)26-18-17-25(28)23-15-8-9-16-24(23)26/h5-19H,4H2,1-3H3. The maximum atomic E-state index is 14.4. The lowest BCUT2D eigenvalue weighted by molar-refractivity contribution is 0.640. The molecule has 0 heterocycles. The van der Waals surface area contributed by atoms with Crippen LogP contribution in [-0.4, -0.2) is 20.1 Å². The van der Waals surface area contributed by atoms with Gasteiger partial charge in [0.25, 0.3) is 0 Å². The zero-order chi connectivity index (χ0) is 21.8. The van der Waals surface area contributed by atoms with Crippen LogP contribution < -0.4 is 9.80 Å². The van der Waals surface area contributed by atoms with E-state index in [1.807, 2.05) is 79.7 Å². The summed E-state index contributed by atoms with van der Waals surface area (Å²) >= 11 is 0. The molecule has 0 N–H and O–H groups in total. The van der Waals surface area contributed by atoms with Gasteiger partial charge in [-0.1, -0.05) is 61.5 Å². The van der Waals surface area contributed by atoms with Crippen molar-refractivity contribution in [3.63, 3.8) is 0 Å². The number of nitrogens with zero attached hydrogens (tertiary/aromatic N) is 3. The Morgan fingerprint density at radius 2 is 1.48 bits per heavy atom. The van der Waals surface area contributed by atoms with Gasteiger partial charge in [-0.15, -0.1) is 0 Å². The number of anilines is 2. The molecule has 0 aliphatic heterocycles. The molecule has 0 atom stereocenters. The maximum absolute atomic E-state index is 14.4. The van der Waals surface area contributed by atoms with Gasteiger partial charge in [0.15, 0.2) is 0 Å². The summed E-state index contributed by atoms with van der Waals surface area (Å²) in [4.78, 5) is 9.07. The average molecular weight is 412 g/mol. The number of fused-ring (bicyclic) bond motifs is 1. The largest absolute Gasteiger partial charge is 0.315 e. The Labute approximate surface area is 183 Å². The van der Waals surface area contributed by atoms with E-state index in [2.05, 4.69) is 36.1 Å². The van der Waals surface area contributed by atoms with Crippen LogP contribution in [0.25, 0.3) is 10.8 Å². The summed E-state index contributed by atoms with van der Waals surface area (Å²) in [6.07, 6.45) is 0.964. The van der Waals surface area contributed by atoms with Gasteiger partial charge in [-0.25, -0.2) is 9.38 Å². The van der Waals surface area contributed by atoms with E-state index in [9.17, 15) is 4.39 Å². The number of aliphatic imine (C=N–C) groups is 1. The van der Waals surface area contributed by atoms with Crippen LogP contribution in [0.2, 0.25) is 0 Å². The summed E-state index contributed by atoms with van der Waals surface area (Å²) in [6.45, 7) is 2.15. The molecule has 0 aliphatic carbocycles. The molecule has 4 aromatic rings. The molecule has 4 heteroatoms. The van der Waals surface area contributed by atoms with E-state index in [0.29, 0.717) is 5.39 Å². The van der Waals surface area contributed by atoms with Crippen molar-refractivity contribution in [1.29, 1.82) is 0 Å². The van der Waals surface area contributed by atoms with Crippen molar-refractivity contribution in [2.24, 2.45) is 4.99 Å². The third-order valence-electron chi connectivity index (χ3n) is 5.50. The van der Waals surface area contributed by atoms with Crippen molar-refractivity contribution in [3.8, 4) is 0 Å². The third-order valence-corrected chi connectivity index (χ3v) is 5.50. The molecule has 4 aromatic carbocycles. The fourth-order valence-corrected chi connectivity index (χ4v) is 3.74. The monoisotopic (exact) mass is 411 g/mol. The number of para-hydroxylation sites is 1. The second-order valence-electron chi connectivity index (χ2n) is 7.50. The van der Waals surface area contributed by atoms with E-state index in [1.165, 1.54) is 11.6 Å². The first-order chi connectivity index (χ1) is 15.1. The lowest BCUT2D eigenvalue weighted by Crippen LogP contribution is -2.40. The molecule has 0 saturated heterocycles. The molecule has 0 amide bonds. The molecule has 3 nitrogen and oxygen atoms in total. The van der Waals surface area contributed by atoms with Crippen LogP contribution in [0.15, 0.2) is 96.0 Å². The number of guanidine groups is 1. The molecule has 0 unspecified atom stereocenters. The molecular weight excluding hydrogens is 385 g/mol. The Kier molecular flexibility index (Phi) is 5.99. The van der Waals surface area contributed by atoms with Gasteiger partial charge < -0.3 is 9.80 Å². The molecule has 4 rings (SSSR count). The average Bonchev–Trinajstić information content (AvgIpc) is 2.83. The first-order valence-corrected chi connectivity index (χ1v) is 10.5. The summed E-state index contributed by atoms with van der Waals surface area (Å²) in [7, 11) is 3.99. The summed E-state index contributed by atoms with van der Waals surface area (Å²) in [5, 5.41) is 1.45. The second-order valence-corrected chi connectivity index (χ2v) is 7.50. The Hall–Kier alpha value is -3.66. The minimum Gasteiger partial charge on any atom is -0.315 e. The molecule has 0 fully saturated rings. The number of rotatable bonds is 4. The van der Waals surface area contributed by atoms with Crippen LogP contribution in [0, 0.1) is 5.82 Å². The highest BCUT2D eigenvalue weighted by Crippen LogP contribution is 2.30. The van der Waals surface area contributed by atoms with Gasteiger partial charge in [0.2, 0.25) is 5.96 Å². The lowest BCUT2D eigenvalue weighted by Gasteiger charge is -2.30. The molecule has 31 heavy (non-hydrogen) atoms. The van der Waals surface area contributed by atoms with Crippen molar-refractivity contribution in [2.75, 3.05) is 23.9 Å². The maximum Gasteiger partial charge on any atom is 0.210 e. The fraction of sp³-hybridized carbons (Fsp3) is 0.148. The van der Waals surface area contributed by atoms with Gasteiger partial charge in [-0.05, 0) is 48.4 Å². The van der Waals surface area contributed by atoms with Crippen molar-refractivity contribution in [3.05, 3.63) is 102 Å². The normalized spacial score (nSPS) is 11.5. The first-order valence-electron chi connectivity index (χ1n) is 10.5. The zero-order valence-electron chi connectivity index (χ0n) is 18.1. The number of hydrogen-bond donors (Lipinski definition) is 0. The van der Waals surface area contributed by atoms with Crippen LogP contribution in [-0.2, 0) is 6.42 Å². The molecule has 0 aromatic heterocycles. The number of aryl methyl sites for hydroxylation is 1. The third kappa shape index (κ3) is 4.29. The van der Waals surface area contributed by atoms with Crippen molar-refractivity contribution < 1.29 is 4.39 Å². The number of halogens is 1. The van der Waals surface area contributed by atoms with Crippen molar-refractivity contribution in [2.45, 2.75) is 13.3 Å². The van der Waals surface area contributed by atoms with E-state index >= 15 is 0 Å². The zero-order valence-corrected chi connectivity index (χ0v) is 18.1. The van der Waals surface area contributed by atoms with Gasteiger partial charge in [0.1, 0.15) is 5.82 Å². The highest BCUT2D eigenvalue weighted by Gasteiger charge is 2.19. The first kappa shape index (κ1) is 20.6. The van der Waals surface area contributed by atoms with Crippen LogP contribution >= 0.6 is 0 Å². The van der Waals surface area contributed by atoms with E-state index in [-0.39, 0.29) is 5.82 Å². The Morgan fingerprint density at radius 1 is 0.774 bits per heavy atom. The minimum atomic E-state index is -0.224. The molecular formula is C27H26FN3. The second kappa shape index (κ2) is 9.00. The SMILES string of the molecule is CCc1cccc(N(C)C(=Nc2ccccc2)N(C)c2ccc(F)c3ccccc23)c1. The van der Waals surface area contributed by atoms with Crippen LogP contribution in [0.5, 0.6) is 0 Å². The van der Waals surface area contributed by atoms with Crippen molar-refractivity contribution >= 4 is 33.8 Å². The smallest absolute Gasteiger partial charge is 0.210 e. The number of hydrogen-bond acceptors (Lipinski definition) is 1. The molecule has 0 saturated carbocycles. The van der Waals surface area contributed by atoms with Crippen LogP contribution in [0.3, 0.4) is 0 Å². The summed E-state index contributed by atoms with van der Waals surface area (Å²) in [6, 6.07) is 29.2. The Balaban J connectivity index is 1.85. The van der Waals surface area contributed by atoms with Gasteiger partial charge in [0.05, 0.1) is 11.4 Å². The quantitative estimate of drug-likeness (QED) is 0.272. The van der Waals surface area contributed by atoms with Gasteiger partial charge in [-0.3, -0.25) is 0 Å². The Bertz CT molecular complexity index is 1220. The molecule has 0 radical (unpaired) electrons. The van der Waals surface area contributed by atoms with Gasteiger partial charge in [0, 0.05) is 30.6 Å². The molecule has 0 aliphatic rings. The predicted octanol–water partition coefficient (Wildman–Crippen LogP) is 6.80. The van der Waals surface area contributed by atoms with Gasteiger partial charge in [-0.2, -0.15) is 0 Å². The van der Waals surface area contributed by atoms with E-state index in [4.69, 9.17) is 4.99 Å². The number of benzene rings is 4. The highest BCUT2D eigenvalue weighted by atomic mass is 19.1. The minimum absolute atomic E-state index is 0.224.